The van der Waals surface area contributed by atoms with Gasteiger partial charge in [0.05, 0.1) is 0 Å². The van der Waals surface area contributed by atoms with Gasteiger partial charge < -0.3 is 0 Å². The number of fused-ring (bicyclic) bond motifs is 1. The van der Waals surface area contributed by atoms with Crippen LogP contribution >= 0.6 is 0 Å². The maximum atomic E-state index is 11.0. The normalized spacial score (nSPS) is 12.8. The number of hydrogen-bond acceptors (Lipinski definition) is 2. The number of aromatic amines is 1. The predicted octanol–water partition coefficient (Wildman–Crippen LogP) is 1.12. The van der Waals surface area contributed by atoms with Crippen molar-refractivity contribution in [2.24, 2.45) is 5.73 Å². The molecule has 4 heteroatoms. The Bertz CT molecular complexity index is 506. The van der Waals surface area contributed by atoms with E-state index in [0.29, 0.717) is 6.42 Å². The number of nitrogens with two attached hydrogens (primary N) is 1. The number of benzene rings is 1. The van der Waals surface area contributed by atoms with Gasteiger partial charge in [-0.1, -0.05) is 0 Å². The zero-order valence-corrected chi connectivity index (χ0v) is 10.5. The number of hydrogen-bond donors (Lipinski definition) is 2. The molecule has 16 heavy (non-hydrogen) atoms. The van der Waals surface area contributed by atoms with Gasteiger partial charge in [-0.05, 0) is 0 Å². The number of rotatable bonds is 4. The second-order valence-corrected chi connectivity index (χ2v) is 4.67. The van der Waals surface area contributed by atoms with E-state index >= 15 is 0 Å². The first-order valence-corrected chi connectivity index (χ1v) is 6.05. The third-order valence-corrected chi connectivity index (χ3v) is 3.34. The second-order valence-electron chi connectivity index (χ2n) is 3.82. The van der Waals surface area contributed by atoms with Crippen molar-refractivity contribution >= 4 is 31.6 Å². The molecule has 1 atom stereocenters. The van der Waals surface area contributed by atoms with E-state index < -0.39 is 6.04 Å². The van der Waals surface area contributed by atoms with Crippen molar-refractivity contribution in [1.82, 2.24) is 4.98 Å². The summed E-state index contributed by atoms with van der Waals surface area (Å²) in [5.41, 5.74) is 8.03. The third kappa shape index (κ3) is 2.35. The summed E-state index contributed by atoms with van der Waals surface area (Å²) in [4.78, 5) is 14.2. The van der Waals surface area contributed by atoms with Gasteiger partial charge in [0, 0.05) is 0 Å². The Labute approximate surface area is 102 Å². The van der Waals surface area contributed by atoms with Crippen molar-refractivity contribution in [3.63, 3.8) is 0 Å². The van der Waals surface area contributed by atoms with Gasteiger partial charge in [-0.25, -0.2) is 0 Å². The first-order chi connectivity index (χ1) is 7.68. The Kier molecular flexibility index (Phi) is 3.44. The fraction of sp³-hybridized carbons (Fsp3) is 0.250. The summed E-state index contributed by atoms with van der Waals surface area (Å²) in [6, 6.07) is 7.73. The minimum absolute atomic E-state index is 0.0696. The molecule has 2 rings (SSSR count). The summed E-state index contributed by atoms with van der Waals surface area (Å²) in [5, 5.41) is 1.21. The molecule has 83 valence electrons. The fourth-order valence-electron chi connectivity index (χ4n) is 1.77. The van der Waals surface area contributed by atoms with Gasteiger partial charge in [0.2, 0.25) is 0 Å². The van der Waals surface area contributed by atoms with Crippen molar-refractivity contribution < 1.29 is 4.79 Å². The molecule has 1 heterocycles. The molecule has 0 fully saturated rings. The predicted molar refractivity (Wildman–Crippen MR) is 65.4 cm³/mol. The van der Waals surface area contributed by atoms with Crippen LogP contribution in [0.25, 0.3) is 10.9 Å². The summed E-state index contributed by atoms with van der Waals surface area (Å²) in [7, 11) is 0. The van der Waals surface area contributed by atoms with E-state index in [2.05, 4.69) is 27.1 Å². The summed E-state index contributed by atoms with van der Waals surface area (Å²) in [5.74, 6) is 0. The summed E-state index contributed by atoms with van der Waals surface area (Å²) in [6.07, 6.45) is 3.48. The van der Waals surface area contributed by atoms with Gasteiger partial charge in [0.1, 0.15) is 0 Å². The van der Waals surface area contributed by atoms with Crippen LogP contribution in [0.4, 0.5) is 0 Å². The van der Waals surface area contributed by atoms with Crippen molar-refractivity contribution in [3.05, 3.63) is 36.0 Å². The fourth-order valence-corrected chi connectivity index (χ4v) is 2.01. The number of nitrogens with one attached hydrogen (secondary N) is 1. The van der Waals surface area contributed by atoms with E-state index in [1.54, 1.807) is 0 Å². The van der Waals surface area contributed by atoms with Gasteiger partial charge in [-0.2, -0.15) is 0 Å². The van der Waals surface area contributed by atoms with Gasteiger partial charge in [-0.3, -0.25) is 0 Å². The quantitative estimate of drug-likeness (QED) is 0.825. The average molecular weight is 280 g/mol. The summed E-state index contributed by atoms with van der Waals surface area (Å²) in [6.45, 7) is 0. The van der Waals surface area contributed by atoms with Gasteiger partial charge >= 0.3 is 102 Å². The third-order valence-electron chi connectivity index (χ3n) is 2.70. The molecule has 1 aromatic heterocycles. The Balaban J connectivity index is 2.13. The van der Waals surface area contributed by atoms with Crippen LogP contribution in [0.1, 0.15) is 12.0 Å². The Morgan fingerprint density at radius 3 is 2.94 bits per heavy atom. The number of carbonyl (C=O) groups is 1. The number of aromatic nitrogens is 1. The minimum atomic E-state index is -0.395. The van der Waals surface area contributed by atoms with Gasteiger partial charge in [0.25, 0.3) is 0 Å². The van der Waals surface area contributed by atoms with Gasteiger partial charge in [-0.15, -0.1) is 0 Å². The molecule has 0 spiro atoms. The molecule has 0 bridgehead atoms. The van der Waals surface area contributed by atoms with Crippen LogP contribution < -0.4 is 5.73 Å². The van der Waals surface area contributed by atoms with Crippen molar-refractivity contribution in [2.45, 2.75) is 18.9 Å². The number of para-hydroxylation sites is 1. The van der Waals surface area contributed by atoms with E-state index in [-0.39, 0.29) is 4.68 Å². The molecule has 0 amide bonds. The molecule has 0 saturated carbocycles. The number of H-pyrrole nitrogens is 1. The molecule has 1 radical (unpaired) electrons. The first kappa shape index (κ1) is 11.4. The topological polar surface area (TPSA) is 58.9 Å². The molecule has 0 saturated heterocycles. The van der Waals surface area contributed by atoms with E-state index in [9.17, 15) is 4.79 Å². The Hall–Kier alpha value is -1.09. The van der Waals surface area contributed by atoms with E-state index in [4.69, 9.17) is 5.73 Å². The molecule has 3 N–H and O–H groups in total. The van der Waals surface area contributed by atoms with Crippen LogP contribution in [0, 0.1) is 0 Å². The molecular formula is C12H13N2OSe. The van der Waals surface area contributed by atoms with Crippen LogP contribution in [-0.2, 0) is 11.2 Å². The van der Waals surface area contributed by atoms with Crippen LogP contribution in [0.15, 0.2) is 30.5 Å². The Morgan fingerprint density at radius 2 is 2.19 bits per heavy atom. The van der Waals surface area contributed by atoms with Crippen LogP contribution in [0.3, 0.4) is 0 Å². The molecule has 0 unspecified atom stereocenters. The molecular weight excluding hydrogens is 267 g/mol. The monoisotopic (exact) mass is 281 g/mol. The standard InChI is InChI=1S/C12H13N2OSe/c13-10(12(15)16)6-5-8-7-14-11-4-2-1-3-9(8)11/h1-4,7,10,14H,5-6,13H2/t10-/m0/s1. The van der Waals surface area contributed by atoms with Crippen LogP contribution in [0.5, 0.6) is 0 Å². The van der Waals surface area contributed by atoms with E-state index in [0.717, 1.165) is 11.9 Å². The maximum absolute atomic E-state index is 11.0. The average Bonchev–Trinajstić information content (AvgIpc) is 2.69. The molecule has 1 aromatic carbocycles. The first-order valence-electron chi connectivity index (χ1n) is 5.20. The van der Waals surface area contributed by atoms with Crippen LogP contribution in [-0.4, -0.2) is 31.7 Å². The molecule has 2 aromatic rings. The van der Waals surface area contributed by atoms with E-state index in [1.165, 1.54) is 10.9 Å². The zero-order chi connectivity index (χ0) is 11.5. The Morgan fingerprint density at radius 1 is 1.44 bits per heavy atom. The number of carbonyl (C=O) groups excluding carboxylic acids is 1. The molecule has 0 aliphatic heterocycles. The molecule has 0 aliphatic rings. The van der Waals surface area contributed by atoms with Crippen LogP contribution in [0.2, 0.25) is 0 Å². The van der Waals surface area contributed by atoms with Crippen molar-refractivity contribution in [3.8, 4) is 0 Å². The zero-order valence-electron chi connectivity index (χ0n) is 8.77. The van der Waals surface area contributed by atoms with Crippen molar-refractivity contribution in [2.75, 3.05) is 0 Å². The summed E-state index contributed by atoms with van der Waals surface area (Å²) >= 11 is 2.44. The molecule has 0 aliphatic carbocycles. The molecule has 3 nitrogen and oxygen atoms in total. The number of aryl methyl sites for hydroxylation is 1. The SMILES string of the molecule is N[C@@H](CCc1c[nH]c2ccccc12)C(=O)[Se]. The summed E-state index contributed by atoms with van der Waals surface area (Å²) < 4.78 is -0.0696. The second kappa shape index (κ2) is 4.83. The van der Waals surface area contributed by atoms with E-state index in [1.807, 2.05) is 24.4 Å². The van der Waals surface area contributed by atoms with Crippen molar-refractivity contribution in [1.29, 1.82) is 0 Å². The van der Waals surface area contributed by atoms with Gasteiger partial charge in [0.15, 0.2) is 0 Å².